The molecule has 2 aromatic rings. The van der Waals surface area contributed by atoms with E-state index in [2.05, 4.69) is 10.2 Å². The highest BCUT2D eigenvalue weighted by Gasteiger charge is 2.30. The van der Waals surface area contributed by atoms with Gasteiger partial charge in [0.1, 0.15) is 17.2 Å². The summed E-state index contributed by atoms with van der Waals surface area (Å²) < 4.78 is 11.1. The molecule has 0 aliphatic carbocycles. The standard InChI is InChI=1S/C19H19Cl2N3O4/c1-11-7-13(20)9-14(8-11)22-23-18(12(2)25)19(26)24(21)16-6-5-15(27-3)10-17(16)28-4/h5-10,18H,1-4H3. The largest absolute Gasteiger partial charge is 0.497 e. The minimum atomic E-state index is -1.41. The van der Waals surface area contributed by atoms with Crippen molar-refractivity contribution in [2.45, 2.75) is 19.9 Å². The molecule has 2 rings (SSSR count). The third kappa shape index (κ3) is 5.21. The number of azo groups is 1. The van der Waals surface area contributed by atoms with Gasteiger partial charge in [0.2, 0.25) is 6.04 Å². The average Bonchev–Trinajstić information content (AvgIpc) is 2.65. The summed E-state index contributed by atoms with van der Waals surface area (Å²) in [5, 5.41) is 8.34. The molecule has 1 atom stereocenters. The van der Waals surface area contributed by atoms with Crippen molar-refractivity contribution < 1.29 is 19.1 Å². The van der Waals surface area contributed by atoms with Crippen LogP contribution < -0.4 is 13.9 Å². The Morgan fingerprint density at radius 3 is 2.39 bits per heavy atom. The van der Waals surface area contributed by atoms with Gasteiger partial charge in [-0.25, -0.2) is 4.42 Å². The third-order valence-electron chi connectivity index (χ3n) is 3.73. The molecule has 9 heteroatoms. The number of amides is 1. The number of halogens is 2. The number of carbonyl (C=O) groups excluding carboxylic acids is 2. The summed E-state index contributed by atoms with van der Waals surface area (Å²) in [5.41, 5.74) is 1.54. The Labute approximate surface area is 173 Å². The van der Waals surface area contributed by atoms with Gasteiger partial charge in [0.25, 0.3) is 5.91 Å². The van der Waals surface area contributed by atoms with E-state index in [9.17, 15) is 9.59 Å². The van der Waals surface area contributed by atoms with E-state index in [4.69, 9.17) is 32.9 Å². The molecule has 0 fully saturated rings. The van der Waals surface area contributed by atoms with E-state index in [0.29, 0.717) is 22.2 Å². The van der Waals surface area contributed by atoms with Crippen LogP contribution in [0.3, 0.4) is 0 Å². The molecule has 28 heavy (non-hydrogen) atoms. The molecule has 2 aromatic carbocycles. The molecular weight excluding hydrogens is 405 g/mol. The quantitative estimate of drug-likeness (QED) is 0.360. The maximum Gasteiger partial charge on any atom is 0.276 e. The van der Waals surface area contributed by atoms with E-state index in [-0.39, 0.29) is 5.69 Å². The second-order valence-corrected chi connectivity index (χ2v) is 6.65. The number of carbonyl (C=O) groups is 2. The molecule has 0 bridgehead atoms. The monoisotopic (exact) mass is 423 g/mol. The van der Waals surface area contributed by atoms with Gasteiger partial charge in [0.05, 0.1) is 19.9 Å². The van der Waals surface area contributed by atoms with Gasteiger partial charge in [0.15, 0.2) is 5.78 Å². The molecule has 0 aromatic heterocycles. The van der Waals surface area contributed by atoms with Crippen LogP contribution in [0.1, 0.15) is 12.5 Å². The molecule has 7 nitrogen and oxygen atoms in total. The van der Waals surface area contributed by atoms with Crippen LogP contribution in [0.15, 0.2) is 46.6 Å². The maximum atomic E-state index is 12.8. The Bertz CT molecular complexity index is 898. The van der Waals surface area contributed by atoms with Crippen molar-refractivity contribution >= 4 is 46.4 Å². The number of benzene rings is 2. The first-order chi connectivity index (χ1) is 13.3. The molecule has 0 spiro atoms. The van der Waals surface area contributed by atoms with Crippen LogP contribution in [-0.2, 0) is 9.59 Å². The average molecular weight is 424 g/mol. The van der Waals surface area contributed by atoms with Crippen molar-refractivity contribution in [1.82, 2.24) is 0 Å². The molecule has 0 aliphatic rings. The molecule has 148 valence electrons. The highest BCUT2D eigenvalue weighted by atomic mass is 35.5. The third-order valence-corrected chi connectivity index (χ3v) is 4.29. The van der Waals surface area contributed by atoms with Gasteiger partial charge in [-0.1, -0.05) is 11.6 Å². The summed E-state index contributed by atoms with van der Waals surface area (Å²) >= 11 is 12.2. The second-order valence-electron chi connectivity index (χ2n) is 5.87. The molecule has 1 amide bonds. The molecule has 0 N–H and O–H groups in total. The van der Waals surface area contributed by atoms with Crippen LogP contribution in [0.4, 0.5) is 11.4 Å². The van der Waals surface area contributed by atoms with Crippen LogP contribution in [0.25, 0.3) is 0 Å². The van der Waals surface area contributed by atoms with E-state index in [1.165, 1.54) is 27.2 Å². The number of methoxy groups -OCH3 is 2. The lowest BCUT2D eigenvalue weighted by Gasteiger charge is -2.19. The Balaban J connectivity index is 2.32. The first-order valence-electron chi connectivity index (χ1n) is 8.17. The van der Waals surface area contributed by atoms with E-state index >= 15 is 0 Å². The molecule has 0 saturated heterocycles. The van der Waals surface area contributed by atoms with Crippen molar-refractivity contribution in [2.24, 2.45) is 10.2 Å². The summed E-state index contributed by atoms with van der Waals surface area (Å²) in [5.74, 6) is -0.449. The fourth-order valence-electron chi connectivity index (χ4n) is 2.38. The van der Waals surface area contributed by atoms with Gasteiger partial charge in [-0.3, -0.25) is 9.59 Å². The van der Waals surface area contributed by atoms with Gasteiger partial charge >= 0.3 is 0 Å². The van der Waals surface area contributed by atoms with Crippen molar-refractivity contribution in [3.63, 3.8) is 0 Å². The van der Waals surface area contributed by atoms with Crippen molar-refractivity contribution in [2.75, 3.05) is 18.6 Å². The van der Waals surface area contributed by atoms with Gasteiger partial charge in [-0.15, -0.1) is 0 Å². The number of anilines is 1. The number of aryl methyl sites for hydroxylation is 1. The first-order valence-corrected chi connectivity index (χ1v) is 8.88. The van der Waals surface area contributed by atoms with E-state index in [1.54, 1.807) is 30.3 Å². The lowest BCUT2D eigenvalue weighted by Crippen LogP contribution is -2.36. The zero-order valence-corrected chi connectivity index (χ0v) is 17.3. The highest BCUT2D eigenvalue weighted by Crippen LogP contribution is 2.34. The van der Waals surface area contributed by atoms with Crippen LogP contribution in [-0.4, -0.2) is 32.0 Å². The Hall–Kier alpha value is -2.64. The summed E-state index contributed by atoms with van der Waals surface area (Å²) in [7, 11) is 2.93. The number of Topliss-reactive ketones (excluding diaryl/α,β-unsaturated/α-hetero) is 1. The number of ketones is 1. The predicted molar refractivity (Wildman–Crippen MR) is 108 cm³/mol. The second kappa shape index (κ2) is 9.52. The van der Waals surface area contributed by atoms with Gasteiger partial charge in [-0.2, -0.15) is 10.2 Å². The fourth-order valence-corrected chi connectivity index (χ4v) is 2.89. The molecule has 0 aliphatic heterocycles. The van der Waals surface area contributed by atoms with Crippen molar-refractivity contribution in [1.29, 1.82) is 0 Å². The smallest absolute Gasteiger partial charge is 0.276 e. The van der Waals surface area contributed by atoms with Gasteiger partial charge < -0.3 is 9.47 Å². The normalized spacial score (nSPS) is 11.9. The number of rotatable bonds is 7. The SMILES string of the molecule is COc1ccc(N(Cl)C(=O)C(N=Nc2cc(C)cc(Cl)c2)C(C)=O)c(OC)c1. The number of hydrogen-bond acceptors (Lipinski definition) is 6. The maximum absolute atomic E-state index is 12.8. The van der Waals surface area contributed by atoms with Crippen molar-refractivity contribution in [3.05, 3.63) is 47.0 Å². The predicted octanol–water partition coefficient (Wildman–Crippen LogP) is 4.89. The molecule has 1 unspecified atom stereocenters. The number of hydrogen-bond donors (Lipinski definition) is 0. The first kappa shape index (κ1) is 21.7. The summed E-state index contributed by atoms with van der Waals surface area (Å²) in [6.07, 6.45) is 0. The van der Waals surface area contributed by atoms with Crippen LogP contribution in [0.5, 0.6) is 11.5 Å². The van der Waals surface area contributed by atoms with Crippen LogP contribution >= 0.6 is 23.4 Å². The summed E-state index contributed by atoms with van der Waals surface area (Å²) in [6, 6.07) is 8.36. The van der Waals surface area contributed by atoms with Crippen LogP contribution in [0.2, 0.25) is 5.02 Å². The zero-order valence-electron chi connectivity index (χ0n) is 15.8. The number of nitrogens with zero attached hydrogens (tertiary/aromatic N) is 3. The Kier molecular flexibility index (Phi) is 7.37. The summed E-state index contributed by atoms with van der Waals surface area (Å²) in [6.45, 7) is 3.08. The van der Waals surface area contributed by atoms with Gasteiger partial charge in [0, 0.05) is 22.9 Å². The van der Waals surface area contributed by atoms with E-state index in [1.807, 2.05) is 6.92 Å². The summed E-state index contributed by atoms with van der Waals surface area (Å²) in [4.78, 5) is 24.8. The molecular formula is C19H19Cl2N3O4. The Morgan fingerprint density at radius 2 is 1.82 bits per heavy atom. The zero-order chi connectivity index (χ0) is 20.8. The molecule has 0 saturated carbocycles. The van der Waals surface area contributed by atoms with E-state index in [0.717, 1.165) is 9.98 Å². The minimum absolute atomic E-state index is 0.245. The lowest BCUT2D eigenvalue weighted by molar-refractivity contribution is -0.126. The van der Waals surface area contributed by atoms with E-state index < -0.39 is 17.7 Å². The van der Waals surface area contributed by atoms with Gasteiger partial charge in [-0.05, 0) is 49.7 Å². The molecule has 0 heterocycles. The Morgan fingerprint density at radius 1 is 1.11 bits per heavy atom. The lowest BCUT2D eigenvalue weighted by atomic mass is 10.2. The molecule has 0 radical (unpaired) electrons. The minimum Gasteiger partial charge on any atom is -0.497 e. The van der Waals surface area contributed by atoms with Crippen LogP contribution in [0, 0.1) is 6.92 Å². The topological polar surface area (TPSA) is 80.6 Å². The van der Waals surface area contributed by atoms with Crippen molar-refractivity contribution in [3.8, 4) is 11.5 Å². The fraction of sp³-hybridized carbons (Fsp3) is 0.263. The highest BCUT2D eigenvalue weighted by molar-refractivity contribution is 6.39. The number of ether oxygens (including phenoxy) is 2.